The SMILES string of the molecule is COc1cc2c(cc1OC)CN(C(=O)COc1cc(Cl)ccc1Cl)CC2. The van der Waals surface area contributed by atoms with Gasteiger partial charge < -0.3 is 19.1 Å². The van der Waals surface area contributed by atoms with Crippen molar-refractivity contribution in [1.82, 2.24) is 4.90 Å². The van der Waals surface area contributed by atoms with E-state index < -0.39 is 0 Å². The van der Waals surface area contributed by atoms with E-state index in [0.717, 1.165) is 17.5 Å². The van der Waals surface area contributed by atoms with Crippen molar-refractivity contribution in [2.45, 2.75) is 13.0 Å². The monoisotopic (exact) mass is 395 g/mol. The summed E-state index contributed by atoms with van der Waals surface area (Å²) in [6.45, 7) is 1.03. The summed E-state index contributed by atoms with van der Waals surface area (Å²) in [7, 11) is 3.21. The molecule has 0 aliphatic carbocycles. The van der Waals surface area contributed by atoms with Gasteiger partial charge in [-0.05, 0) is 41.8 Å². The Morgan fingerprint density at radius 2 is 1.73 bits per heavy atom. The Morgan fingerprint density at radius 1 is 1.04 bits per heavy atom. The van der Waals surface area contributed by atoms with Crippen LogP contribution in [0.3, 0.4) is 0 Å². The van der Waals surface area contributed by atoms with E-state index in [1.54, 1.807) is 37.3 Å². The molecule has 0 bridgehead atoms. The highest BCUT2D eigenvalue weighted by Crippen LogP contribution is 2.33. The van der Waals surface area contributed by atoms with Gasteiger partial charge in [0.15, 0.2) is 18.1 Å². The molecule has 0 saturated carbocycles. The highest BCUT2D eigenvalue weighted by atomic mass is 35.5. The lowest BCUT2D eigenvalue weighted by Gasteiger charge is -2.29. The number of nitrogens with zero attached hydrogens (tertiary/aromatic N) is 1. The van der Waals surface area contributed by atoms with E-state index in [1.807, 2.05) is 12.1 Å². The van der Waals surface area contributed by atoms with Gasteiger partial charge in [-0.3, -0.25) is 4.79 Å². The number of carbonyl (C=O) groups is 1. The fourth-order valence-electron chi connectivity index (χ4n) is 2.91. The molecule has 7 heteroatoms. The maximum absolute atomic E-state index is 12.5. The van der Waals surface area contributed by atoms with Crippen LogP contribution in [0.25, 0.3) is 0 Å². The van der Waals surface area contributed by atoms with Crippen molar-refractivity contribution in [3.63, 3.8) is 0 Å². The maximum atomic E-state index is 12.5. The van der Waals surface area contributed by atoms with Crippen LogP contribution in [-0.2, 0) is 17.8 Å². The molecule has 0 unspecified atom stereocenters. The number of rotatable bonds is 5. The molecule has 26 heavy (non-hydrogen) atoms. The highest BCUT2D eigenvalue weighted by molar-refractivity contribution is 6.34. The van der Waals surface area contributed by atoms with Gasteiger partial charge in [0.2, 0.25) is 0 Å². The van der Waals surface area contributed by atoms with Crippen molar-refractivity contribution < 1.29 is 19.0 Å². The smallest absolute Gasteiger partial charge is 0.260 e. The summed E-state index contributed by atoms with van der Waals surface area (Å²) in [5.41, 5.74) is 2.20. The Balaban J connectivity index is 1.68. The molecule has 0 atom stereocenters. The van der Waals surface area contributed by atoms with Gasteiger partial charge in [0.25, 0.3) is 5.91 Å². The van der Waals surface area contributed by atoms with Crippen LogP contribution >= 0.6 is 23.2 Å². The lowest BCUT2D eigenvalue weighted by Crippen LogP contribution is -2.38. The number of methoxy groups -OCH3 is 2. The summed E-state index contributed by atoms with van der Waals surface area (Å²) in [5.74, 6) is 1.64. The first-order valence-electron chi connectivity index (χ1n) is 8.11. The Kier molecular flexibility index (Phi) is 5.79. The second kappa shape index (κ2) is 8.06. The van der Waals surface area contributed by atoms with E-state index in [1.165, 1.54) is 0 Å². The van der Waals surface area contributed by atoms with Crippen LogP contribution in [0.1, 0.15) is 11.1 Å². The number of ether oxygens (including phenoxy) is 3. The molecule has 0 saturated heterocycles. The topological polar surface area (TPSA) is 48.0 Å². The number of halogens is 2. The second-order valence-electron chi connectivity index (χ2n) is 5.90. The third kappa shape index (κ3) is 4.00. The van der Waals surface area contributed by atoms with Gasteiger partial charge in [0.1, 0.15) is 5.75 Å². The number of hydrogen-bond acceptors (Lipinski definition) is 4. The minimum atomic E-state index is -0.110. The van der Waals surface area contributed by atoms with Crippen LogP contribution in [0.15, 0.2) is 30.3 Å². The van der Waals surface area contributed by atoms with Gasteiger partial charge in [-0.2, -0.15) is 0 Å². The Bertz CT molecular complexity index is 825. The molecule has 138 valence electrons. The molecule has 5 nitrogen and oxygen atoms in total. The lowest BCUT2D eigenvalue weighted by atomic mass is 9.99. The van der Waals surface area contributed by atoms with Crippen molar-refractivity contribution >= 4 is 29.1 Å². The van der Waals surface area contributed by atoms with Crippen LogP contribution in [0.5, 0.6) is 17.2 Å². The largest absolute Gasteiger partial charge is 0.493 e. The van der Waals surface area contributed by atoms with Crippen LogP contribution in [0.2, 0.25) is 10.0 Å². The summed E-state index contributed by atoms with van der Waals surface area (Å²) in [6.07, 6.45) is 0.749. The van der Waals surface area contributed by atoms with Crippen molar-refractivity contribution in [2.75, 3.05) is 27.4 Å². The molecule has 0 spiro atoms. The lowest BCUT2D eigenvalue weighted by molar-refractivity contribution is -0.134. The number of hydrogen-bond donors (Lipinski definition) is 0. The average molecular weight is 396 g/mol. The second-order valence-corrected chi connectivity index (χ2v) is 6.75. The molecule has 2 aromatic carbocycles. The Labute approximate surface area is 162 Å². The summed E-state index contributed by atoms with van der Waals surface area (Å²) < 4.78 is 16.2. The third-order valence-corrected chi connectivity index (χ3v) is 4.86. The molecule has 1 heterocycles. The van der Waals surface area contributed by atoms with Gasteiger partial charge in [0, 0.05) is 24.2 Å². The van der Waals surface area contributed by atoms with E-state index in [4.69, 9.17) is 37.4 Å². The molecule has 1 amide bonds. The fraction of sp³-hybridized carbons (Fsp3) is 0.316. The summed E-state index contributed by atoms with van der Waals surface area (Å²) in [6, 6.07) is 8.79. The first-order valence-corrected chi connectivity index (χ1v) is 8.87. The molecule has 0 radical (unpaired) electrons. The number of amides is 1. The molecular formula is C19H19Cl2NO4. The highest BCUT2D eigenvalue weighted by Gasteiger charge is 2.23. The third-order valence-electron chi connectivity index (χ3n) is 4.32. The first kappa shape index (κ1) is 18.7. The predicted octanol–water partition coefficient (Wildman–Crippen LogP) is 3.97. The first-order chi connectivity index (χ1) is 12.5. The molecule has 1 aliphatic heterocycles. The Hall–Kier alpha value is -2.11. The summed E-state index contributed by atoms with van der Waals surface area (Å²) in [4.78, 5) is 14.3. The van der Waals surface area contributed by atoms with Crippen LogP contribution in [0.4, 0.5) is 0 Å². The van der Waals surface area contributed by atoms with Crippen LogP contribution in [-0.4, -0.2) is 38.2 Å². The van der Waals surface area contributed by atoms with Gasteiger partial charge in [0.05, 0.1) is 19.2 Å². The van der Waals surface area contributed by atoms with E-state index in [-0.39, 0.29) is 12.5 Å². The maximum Gasteiger partial charge on any atom is 0.260 e. The van der Waals surface area contributed by atoms with Crippen molar-refractivity contribution in [1.29, 1.82) is 0 Å². The van der Waals surface area contributed by atoms with Gasteiger partial charge in [-0.1, -0.05) is 23.2 Å². The standard InChI is InChI=1S/C19H19Cl2NO4/c1-24-17-7-12-5-6-22(10-13(12)8-18(17)25-2)19(23)11-26-16-9-14(20)3-4-15(16)21/h3-4,7-9H,5-6,10-11H2,1-2H3. The van der Waals surface area contributed by atoms with Crippen LogP contribution in [0, 0.1) is 0 Å². The van der Waals surface area contributed by atoms with Gasteiger partial charge >= 0.3 is 0 Å². The van der Waals surface area contributed by atoms with Crippen LogP contribution < -0.4 is 14.2 Å². The zero-order valence-electron chi connectivity index (χ0n) is 14.6. The molecule has 0 aromatic heterocycles. The van der Waals surface area contributed by atoms with E-state index in [0.29, 0.717) is 40.4 Å². The van der Waals surface area contributed by atoms with Gasteiger partial charge in [-0.25, -0.2) is 0 Å². The average Bonchev–Trinajstić information content (AvgIpc) is 2.66. The van der Waals surface area contributed by atoms with E-state index in [2.05, 4.69) is 0 Å². The zero-order valence-corrected chi connectivity index (χ0v) is 16.1. The zero-order chi connectivity index (χ0) is 18.7. The molecule has 2 aromatic rings. The molecule has 1 aliphatic rings. The molecular weight excluding hydrogens is 377 g/mol. The number of carbonyl (C=O) groups excluding carboxylic acids is 1. The van der Waals surface area contributed by atoms with Gasteiger partial charge in [-0.15, -0.1) is 0 Å². The normalized spacial score (nSPS) is 13.2. The minimum Gasteiger partial charge on any atom is -0.493 e. The molecule has 0 N–H and O–H groups in total. The van der Waals surface area contributed by atoms with Crippen molar-refractivity contribution in [3.05, 3.63) is 51.5 Å². The number of fused-ring (bicyclic) bond motifs is 1. The number of benzene rings is 2. The fourth-order valence-corrected chi connectivity index (χ4v) is 3.25. The van der Waals surface area contributed by atoms with Crippen molar-refractivity contribution in [3.8, 4) is 17.2 Å². The summed E-state index contributed by atoms with van der Waals surface area (Å²) >= 11 is 12.0. The van der Waals surface area contributed by atoms with Crippen molar-refractivity contribution in [2.24, 2.45) is 0 Å². The van der Waals surface area contributed by atoms with E-state index in [9.17, 15) is 4.79 Å². The predicted molar refractivity (Wildman–Crippen MR) is 101 cm³/mol. The Morgan fingerprint density at radius 3 is 2.42 bits per heavy atom. The minimum absolute atomic E-state index is 0.0946. The van der Waals surface area contributed by atoms with E-state index >= 15 is 0 Å². The quantitative estimate of drug-likeness (QED) is 0.768. The molecule has 0 fully saturated rings. The molecule has 3 rings (SSSR count). The summed E-state index contributed by atoms with van der Waals surface area (Å²) in [5, 5.41) is 0.924.